The van der Waals surface area contributed by atoms with E-state index in [1.807, 2.05) is 0 Å². The molecule has 0 radical (unpaired) electrons. The number of para-hydroxylation sites is 1. The molecule has 3 aromatic carbocycles. The first-order valence-electron chi connectivity index (χ1n) is 11.1. The van der Waals surface area contributed by atoms with Gasteiger partial charge in [-0.05, 0) is 68.4 Å². The minimum absolute atomic E-state index is 0.0197. The van der Waals surface area contributed by atoms with Gasteiger partial charge >= 0.3 is 0 Å². The second-order valence-electron chi connectivity index (χ2n) is 8.26. The number of halogens is 1. The number of rotatable bonds is 8. The number of nitrogens with zero attached hydrogens (tertiary/aromatic N) is 2. The Morgan fingerprint density at radius 1 is 0.947 bits per heavy atom. The van der Waals surface area contributed by atoms with Crippen molar-refractivity contribution in [3.05, 3.63) is 94.6 Å². The molecule has 13 heteroatoms. The van der Waals surface area contributed by atoms with Crippen LogP contribution in [0.1, 0.15) is 21.6 Å². The van der Waals surface area contributed by atoms with E-state index >= 15 is 0 Å². The number of amides is 1. The molecule has 2 N–H and O–H groups in total. The van der Waals surface area contributed by atoms with Crippen LogP contribution in [0.3, 0.4) is 0 Å². The van der Waals surface area contributed by atoms with Gasteiger partial charge in [-0.3, -0.25) is 9.10 Å². The molecule has 0 bridgehead atoms. The van der Waals surface area contributed by atoms with Crippen molar-refractivity contribution < 1.29 is 26.2 Å². The molecule has 1 heterocycles. The van der Waals surface area contributed by atoms with Gasteiger partial charge in [-0.2, -0.15) is 0 Å². The van der Waals surface area contributed by atoms with E-state index in [4.69, 9.17) is 16.1 Å². The van der Waals surface area contributed by atoms with Crippen molar-refractivity contribution in [1.82, 2.24) is 5.16 Å². The highest BCUT2D eigenvalue weighted by atomic mass is 35.5. The second kappa shape index (κ2) is 10.5. The minimum Gasteiger partial charge on any atom is -0.337 e. The minimum atomic E-state index is -4.07. The average Bonchev–Trinajstić information content (AvgIpc) is 3.20. The highest BCUT2D eigenvalue weighted by Crippen LogP contribution is 2.29. The van der Waals surface area contributed by atoms with Gasteiger partial charge in [0, 0.05) is 23.9 Å². The molecule has 0 atom stereocenters. The molecule has 38 heavy (non-hydrogen) atoms. The van der Waals surface area contributed by atoms with Gasteiger partial charge in [0.1, 0.15) is 4.90 Å². The van der Waals surface area contributed by atoms with Crippen LogP contribution in [0.4, 0.5) is 17.3 Å². The quantitative estimate of drug-likeness (QED) is 0.307. The van der Waals surface area contributed by atoms with E-state index in [0.717, 1.165) is 4.31 Å². The number of anilines is 3. The van der Waals surface area contributed by atoms with Crippen molar-refractivity contribution >= 4 is 54.8 Å². The first-order valence-corrected chi connectivity index (χ1v) is 14.4. The highest BCUT2D eigenvalue weighted by molar-refractivity contribution is 7.93. The van der Waals surface area contributed by atoms with E-state index in [-0.39, 0.29) is 26.3 Å². The molecule has 0 saturated carbocycles. The van der Waals surface area contributed by atoms with Crippen LogP contribution < -0.4 is 14.3 Å². The molecule has 0 saturated heterocycles. The predicted molar refractivity (Wildman–Crippen MR) is 145 cm³/mol. The molecule has 0 unspecified atom stereocenters. The zero-order valence-corrected chi connectivity index (χ0v) is 22.9. The Morgan fingerprint density at radius 2 is 1.61 bits per heavy atom. The van der Waals surface area contributed by atoms with E-state index in [2.05, 4.69) is 15.2 Å². The summed E-state index contributed by atoms with van der Waals surface area (Å²) in [6.07, 6.45) is 0. The van der Waals surface area contributed by atoms with E-state index in [1.165, 1.54) is 49.5 Å². The van der Waals surface area contributed by atoms with Crippen LogP contribution in [0, 0.1) is 13.8 Å². The summed E-state index contributed by atoms with van der Waals surface area (Å²) in [6.45, 7) is 3.37. The summed E-state index contributed by atoms with van der Waals surface area (Å²) in [7, 11) is -6.63. The molecule has 1 aromatic heterocycles. The maximum atomic E-state index is 13.2. The smallest absolute Gasteiger partial charge is 0.265 e. The van der Waals surface area contributed by atoms with E-state index < -0.39 is 26.0 Å². The topological polar surface area (TPSA) is 139 Å². The Kier molecular flexibility index (Phi) is 7.49. The van der Waals surface area contributed by atoms with Crippen molar-refractivity contribution in [2.45, 2.75) is 23.6 Å². The maximum absolute atomic E-state index is 13.2. The number of aryl methyl sites for hydroxylation is 1. The fourth-order valence-electron chi connectivity index (χ4n) is 3.38. The molecule has 0 spiro atoms. The van der Waals surface area contributed by atoms with Crippen LogP contribution >= 0.6 is 11.6 Å². The molecule has 4 rings (SSSR count). The van der Waals surface area contributed by atoms with Crippen molar-refractivity contribution in [3.8, 4) is 0 Å². The van der Waals surface area contributed by atoms with Gasteiger partial charge in [-0.1, -0.05) is 35.0 Å². The number of sulfonamides is 2. The van der Waals surface area contributed by atoms with Crippen LogP contribution in [0.5, 0.6) is 0 Å². The van der Waals surface area contributed by atoms with Gasteiger partial charge in [0.25, 0.3) is 26.0 Å². The lowest BCUT2D eigenvalue weighted by atomic mass is 10.2. The summed E-state index contributed by atoms with van der Waals surface area (Å²) in [5.41, 5.74) is 1.89. The Morgan fingerprint density at radius 3 is 2.21 bits per heavy atom. The third kappa shape index (κ3) is 5.52. The number of benzene rings is 3. The first-order chi connectivity index (χ1) is 17.9. The fraction of sp³-hybridized carbons (Fsp3) is 0.120. The Bertz CT molecular complexity index is 1700. The standard InChI is InChI=1S/C25H23ClN4O6S2/c1-16-17(2)28-36-25(16)29-37(32,33)21-12-10-19(11-13-21)27-24(31)18-9-14-22(26)23(15-18)38(34,35)30(3)20-7-5-4-6-8-20/h4-15,29H,1-3H3,(H,27,31). The second-order valence-corrected chi connectivity index (χ2v) is 12.3. The lowest BCUT2D eigenvalue weighted by molar-refractivity contribution is 0.102. The van der Waals surface area contributed by atoms with Gasteiger partial charge in [-0.15, -0.1) is 0 Å². The summed E-state index contributed by atoms with van der Waals surface area (Å²) in [5.74, 6) is -0.590. The molecule has 0 fully saturated rings. The summed E-state index contributed by atoms with van der Waals surface area (Å²) < 4.78 is 60.2. The Balaban J connectivity index is 1.52. The summed E-state index contributed by atoms with van der Waals surface area (Å²) in [6, 6.07) is 17.8. The van der Waals surface area contributed by atoms with Crippen LogP contribution in [0.25, 0.3) is 0 Å². The monoisotopic (exact) mass is 574 g/mol. The highest BCUT2D eigenvalue weighted by Gasteiger charge is 2.26. The molecule has 10 nitrogen and oxygen atoms in total. The van der Waals surface area contributed by atoms with Crippen LogP contribution in [-0.2, 0) is 20.0 Å². The summed E-state index contributed by atoms with van der Waals surface area (Å²) >= 11 is 6.20. The normalized spacial score (nSPS) is 11.7. The van der Waals surface area contributed by atoms with Crippen LogP contribution in [-0.4, -0.2) is 34.9 Å². The maximum Gasteiger partial charge on any atom is 0.265 e. The van der Waals surface area contributed by atoms with Gasteiger partial charge in [-0.25, -0.2) is 21.6 Å². The third-order valence-electron chi connectivity index (χ3n) is 5.76. The molecular formula is C25H23ClN4O6S2. The summed E-state index contributed by atoms with van der Waals surface area (Å²) in [5, 5.41) is 6.31. The molecule has 0 aliphatic heterocycles. The van der Waals surface area contributed by atoms with Crippen LogP contribution in [0.2, 0.25) is 5.02 Å². The van der Waals surface area contributed by atoms with E-state index in [9.17, 15) is 21.6 Å². The number of hydrogen-bond donors (Lipinski definition) is 2. The Labute approximate surface area is 225 Å². The fourth-order valence-corrected chi connectivity index (χ4v) is 6.12. The molecule has 1 amide bonds. The zero-order chi connectivity index (χ0) is 27.7. The third-order valence-corrected chi connectivity index (χ3v) is 9.37. The average molecular weight is 575 g/mol. The van der Waals surface area contributed by atoms with Gasteiger partial charge in [0.05, 0.1) is 21.3 Å². The van der Waals surface area contributed by atoms with Gasteiger partial charge in [0.15, 0.2) is 0 Å². The molecule has 0 aliphatic rings. The summed E-state index contributed by atoms with van der Waals surface area (Å²) in [4.78, 5) is 12.6. The molecular weight excluding hydrogens is 552 g/mol. The molecule has 4 aromatic rings. The molecule has 0 aliphatic carbocycles. The number of nitrogens with one attached hydrogen (secondary N) is 2. The Hall–Kier alpha value is -3.87. The SMILES string of the molecule is Cc1noc(NS(=O)(=O)c2ccc(NC(=O)c3ccc(Cl)c(S(=O)(=O)N(C)c4ccccc4)c3)cc2)c1C. The lowest BCUT2D eigenvalue weighted by Crippen LogP contribution is -2.27. The van der Waals surface area contributed by atoms with Gasteiger partial charge < -0.3 is 9.84 Å². The number of carbonyl (C=O) groups is 1. The van der Waals surface area contributed by atoms with E-state index in [0.29, 0.717) is 22.6 Å². The van der Waals surface area contributed by atoms with Crippen LogP contribution in [0.15, 0.2) is 87.1 Å². The van der Waals surface area contributed by atoms with Crippen molar-refractivity contribution in [1.29, 1.82) is 0 Å². The number of aromatic nitrogens is 1. The van der Waals surface area contributed by atoms with E-state index in [1.54, 1.807) is 44.2 Å². The predicted octanol–water partition coefficient (Wildman–Crippen LogP) is 4.82. The van der Waals surface area contributed by atoms with Gasteiger partial charge in [0.2, 0.25) is 5.88 Å². The zero-order valence-electron chi connectivity index (χ0n) is 20.5. The number of carbonyl (C=O) groups excluding carboxylic acids is 1. The van der Waals surface area contributed by atoms with Crippen molar-refractivity contribution in [3.63, 3.8) is 0 Å². The lowest BCUT2D eigenvalue weighted by Gasteiger charge is -2.20. The number of hydrogen-bond acceptors (Lipinski definition) is 7. The first kappa shape index (κ1) is 27.2. The largest absolute Gasteiger partial charge is 0.337 e. The van der Waals surface area contributed by atoms with Crippen molar-refractivity contribution in [2.24, 2.45) is 0 Å². The van der Waals surface area contributed by atoms with Crippen molar-refractivity contribution in [2.75, 3.05) is 21.4 Å². The molecule has 198 valence electrons.